The third-order valence-electron chi connectivity index (χ3n) is 5.34. The first-order valence-corrected chi connectivity index (χ1v) is 12.3. The van der Waals surface area contributed by atoms with E-state index in [1.807, 2.05) is 6.92 Å². The Morgan fingerprint density at radius 1 is 1.38 bits per heavy atom. The van der Waals surface area contributed by atoms with Crippen LogP contribution in [0.2, 0.25) is 5.15 Å². The number of pyridine rings is 1. The molecule has 0 spiro atoms. The monoisotopic (exact) mass is 499 g/mol. The molecule has 0 amide bonds. The summed E-state index contributed by atoms with van der Waals surface area (Å²) in [5.74, 6) is -0.845. The number of hydrogen-bond acceptors (Lipinski definition) is 8. The van der Waals surface area contributed by atoms with Crippen molar-refractivity contribution in [1.82, 2.24) is 24.2 Å². The van der Waals surface area contributed by atoms with E-state index in [9.17, 15) is 17.6 Å². The predicted molar refractivity (Wildman–Crippen MR) is 116 cm³/mol. The maximum absolute atomic E-state index is 13.1. The van der Waals surface area contributed by atoms with Gasteiger partial charge in [-0.15, -0.1) is 11.3 Å². The Bertz CT molecular complexity index is 1240. The summed E-state index contributed by atoms with van der Waals surface area (Å²) in [6.07, 6.45) is 1.61. The maximum atomic E-state index is 13.1. The number of piperidine rings is 1. The van der Waals surface area contributed by atoms with Crippen LogP contribution in [0.5, 0.6) is 0 Å². The highest BCUT2D eigenvalue weighted by Gasteiger charge is 2.37. The van der Waals surface area contributed by atoms with Crippen LogP contribution in [0.15, 0.2) is 28.7 Å². The number of aromatic nitrogens is 4. The third kappa shape index (κ3) is 4.27. The van der Waals surface area contributed by atoms with Crippen LogP contribution in [-0.2, 0) is 14.8 Å². The summed E-state index contributed by atoms with van der Waals surface area (Å²) in [6, 6.07) is 2.79. The number of ether oxygens (including phenoxy) is 1. The van der Waals surface area contributed by atoms with Gasteiger partial charge in [0.1, 0.15) is 11.5 Å². The first-order valence-electron chi connectivity index (χ1n) is 9.62. The van der Waals surface area contributed by atoms with E-state index in [1.54, 1.807) is 0 Å². The molecule has 170 valence electrons. The van der Waals surface area contributed by atoms with E-state index in [2.05, 4.69) is 24.7 Å². The lowest BCUT2D eigenvalue weighted by Gasteiger charge is -2.35. The van der Waals surface area contributed by atoms with Gasteiger partial charge in [-0.2, -0.15) is 4.31 Å². The zero-order valence-corrected chi connectivity index (χ0v) is 19.5. The SMILES string of the molecule is COC(=O)c1nc(S(=O)(=O)N2CC[C@@H](c3[nH]c(-c4ccc(F)cn4)nc3Cl)[C@@H](C)C2)cs1. The summed E-state index contributed by atoms with van der Waals surface area (Å²) >= 11 is 7.29. The molecule has 0 aliphatic carbocycles. The van der Waals surface area contributed by atoms with Crippen LogP contribution in [0, 0.1) is 11.7 Å². The number of H-pyrrole nitrogens is 1. The minimum absolute atomic E-state index is 0.0137. The molecule has 0 aromatic carbocycles. The van der Waals surface area contributed by atoms with Gasteiger partial charge in [0.15, 0.2) is 16.0 Å². The minimum atomic E-state index is -3.85. The van der Waals surface area contributed by atoms with E-state index in [0.29, 0.717) is 23.6 Å². The lowest BCUT2D eigenvalue weighted by molar-refractivity contribution is 0.0599. The molecule has 2 atom stereocenters. The normalized spacial score (nSPS) is 19.8. The molecule has 0 radical (unpaired) electrons. The van der Waals surface area contributed by atoms with Crippen LogP contribution in [0.1, 0.15) is 34.8 Å². The second-order valence-corrected chi connectivity index (χ2v) is 10.5. The lowest BCUT2D eigenvalue weighted by Crippen LogP contribution is -2.42. The van der Waals surface area contributed by atoms with Crippen LogP contribution in [0.4, 0.5) is 4.39 Å². The molecule has 3 aromatic rings. The number of halogens is 2. The first kappa shape index (κ1) is 22.8. The molecule has 1 aliphatic heterocycles. The Hall–Kier alpha value is -2.41. The number of carbonyl (C=O) groups excluding carboxylic acids is 1. The predicted octanol–water partition coefficient (Wildman–Crippen LogP) is 3.32. The Balaban J connectivity index is 1.52. The summed E-state index contributed by atoms with van der Waals surface area (Å²) in [5.41, 5.74) is 1.15. The summed E-state index contributed by atoms with van der Waals surface area (Å²) in [6.45, 7) is 2.43. The molecule has 9 nitrogen and oxygen atoms in total. The highest BCUT2D eigenvalue weighted by molar-refractivity contribution is 7.89. The van der Waals surface area contributed by atoms with Crippen molar-refractivity contribution in [3.05, 3.63) is 45.4 Å². The van der Waals surface area contributed by atoms with Gasteiger partial charge in [-0.05, 0) is 24.5 Å². The molecule has 1 saturated heterocycles. The summed E-state index contributed by atoms with van der Waals surface area (Å²) < 4.78 is 45.1. The third-order valence-corrected chi connectivity index (χ3v) is 8.35. The maximum Gasteiger partial charge on any atom is 0.367 e. The fourth-order valence-electron chi connectivity index (χ4n) is 3.69. The van der Waals surface area contributed by atoms with Crippen molar-refractivity contribution in [2.24, 2.45) is 5.92 Å². The number of carbonyl (C=O) groups is 1. The molecular formula is C19H19ClFN5O4S2. The van der Waals surface area contributed by atoms with Gasteiger partial charge in [0, 0.05) is 24.4 Å². The van der Waals surface area contributed by atoms with E-state index in [0.717, 1.165) is 17.5 Å². The van der Waals surface area contributed by atoms with Gasteiger partial charge in [-0.25, -0.2) is 32.6 Å². The van der Waals surface area contributed by atoms with Gasteiger partial charge in [-0.3, -0.25) is 0 Å². The van der Waals surface area contributed by atoms with E-state index >= 15 is 0 Å². The standard InChI is InChI=1S/C19H19ClFN5O4S2/c1-10-8-26(32(28,29)14-9-31-18(23-14)19(27)30-2)6-5-12(10)15-16(20)25-17(24-15)13-4-3-11(21)7-22-13/h3-4,7,9-10,12H,5-6,8H2,1-2H3,(H,24,25)/t10-,12+/m0/s1. The van der Waals surface area contributed by atoms with E-state index in [-0.39, 0.29) is 40.1 Å². The van der Waals surface area contributed by atoms with Gasteiger partial charge in [0.25, 0.3) is 10.0 Å². The molecule has 0 unspecified atom stereocenters. The van der Waals surface area contributed by atoms with Crippen LogP contribution in [0.3, 0.4) is 0 Å². The topological polar surface area (TPSA) is 118 Å². The molecule has 1 fully saturated rings. The lowest BCUT2D eigenvalue weighted by atomic mass is 9.86. The highest BCUT2D eigenvalue weighted by Crippen LogP contribution is 2.38. The first-order chi connectivity index (χ1) is 15.2. The number of imidazole rings is 1. The molecule has 0 bridgehead atoms. The quantitative estimate of drug-likeness (QED) is 0.535. The largest absolute Gasteiger partial charge is 0.464 e. The summed E-state index contributed by atoms with van der Waals surface area (Å²) in [4.78, 5) is 27.0. The van der Waals surface area contributed by atoms with E-state index < -0.39 is 21.8 Å². The molecule has 1 N–H and O–H groups in total. The highest BCUT2D eigenvalue weighted by atomic mass is 35.5. The second kappa shape index (κ2) is 8.85. The zero-order valence-electron chi connectivity index (χ0n) is 17.1. The smallest absolute Gasteiger partial charge is 0.367 e. The summed E-state index contributed by atoms with van der Waals surface area (Å²) in [5, 5.41) is 1.44. The fourth-order valence-corrected chi connectivity index (χ4v) is 6.50. The van der Waals surface area contributed by atoms with Gasteiger partial charge >= 0.3 is 5.97 Å². The molecule has 4 rings (SSSR count). The number of thiazole rings is 1. The number of aromatic amines is 1. The average Bonchev–Trinajstić information content (AvgIpc) is 3.41. The molecule has 1 aliphatic rings. The van der Waals surface area contributed by atoms with Gasteiger partial charge in [0.05, 0.1) is 19.0 Å². The van der Waals surface area contributed by atoms with Crippen LogP contribution < -0.4 is 0 Å². The molecule has 13 heteroatoms. The van der Waals surface area contributed by atoms with E-state index in [4.69, 9.17) is 11.6 Å². The molecular weight excluding hydrogens is 481 g/mol. The number of methoxy groups -OCH3 is 1. The zero-order chi connectivity index (χ0) is 23.0. The van der Waals surface area contributed by atoms with Crippen molar-refractivity contribution < 1.29 is 22.3 Å². The molecule has 0 saturated carbocycles. The Morgan fingerprint density at radius 3 is 2.81 bits per heavy atom. The number of esters is 1. The molecule has 3 aromatic heterocycles. The Kier molecular flexibility index (Phi) is 6.30. The molecule has 4 heterocycles. The van der Waals surface area contributed by atoms with Crippen LogP contribution in [0.25, 0.3) is 11.5 Å². The van der Waals surface area contributed by atoms with Gasteiger partial charge < -0.3 is 9.72 Å². The van der Waals surface area contributed by atoms with Crippen molar-refractivity contribution in [1.29, 1.82) is 0 Å². The fraction of sp³-hybridized carbons (Fsp3) is 0.368. The van der Waals surface area contributed by atoms with E-state index in [1.165, 1.54) is 28.9 Å². The van der Waals surface area contributed by atoms with Crippen molar-refractivity contribution in [2.45, 2.75) is 24.3 Å². The summed E-state index contributed by atoms with van der Waals surface area (Å²) in [7, 11) is -2.64. The van der Waals surface area contributed by atoms with Gasteiger partial charge in [-0.1, -0.05) is 18.5 Å². The minimum Gasteiger partial charge on any atom is -0.464 e. The van der Waals surface area contributed by atoms with Crippen LogP contribution in [-0.4, -0.2) is 58.8 Å². The number of nitrogens with one attached hydrogen (secondary N) is 1. The second-order valence-electron chi connectivity index (χ2n) is 7.37. The van der Waals surface area contributed by atoms with Crippen molar-refractivity contribution in [3.8, 4) is 11.5 Å². The Morgan fingerprint density at radius 2 is 2.16 bits per heavy atom. The van der Waals surface area contributed by atoms with Gasteiger partial charge in [0.2, 0.25) is 5.01 Å². The molecule has 32 heavy (non-hydrogen) atoms. The van der Waals surface area contributed by atoms with Crippen molar-refractivity contribution in [2.75, 3.05) is 20.2 Å². The Labute approximate surface area is 192 Å². The average molecular weight is 500 g/mol. The number of rotatable bonds is 5. The number of sulfonamides is 1. The van der Waals surface area contributed by atoms with Crippen LogP contribution >= 0.6 is 22.9 Å². The number of hydrogen-bond donors (Lipinski definition) is 1. The number of nitrogens with zero attached hydrogens (tertiary/aromatic N) is 4. The van der Waals surface area contributed by atoms with Crippen molar-refractivity contribution in [3.63, 3.8) is 0 Å². The van der Waals surface area contributed by atoms with Crippen molar-refractivity contribution >= 4 is 38.9 Å².